The maximum Gasteiger partial charge on any atom is 0.134 e. The van der Waals surface area contributed by atoms with Gasteiger partial charge in [0.25, 0.3) is 0 Å². The number of nitrogens with zero attached hydrogens (tertiary/aromatic N) is 2. The number of hydrogen-bond donors (Lipinski definition) is 1. The molecule has 0 bridgehead atoms. The molecule has 82 valence electrons. The lowest BCUT2D eigenvalue weighted by molar-refractivity contribution is 0.199. The van der Waals surface area contributed by atoms with Crippen LogP contribution in [0.4, 0.5) is 5.82 Å². The molecule has 0 spiro atoms. The molecular formula is C12H18N2O. The minimum absolute atomic E-state index is 0.499. The van der Waals surface area contributed by atoms with E-state index in [9.17, 15) is 5.11 Å². The smallest absolute Gasteiger partial charge is 0.134 e. The van der Waals surface area contributed by atoms with Crippen LogP contribution in [0.25, 0.3) is 0 Å². The van der Waals surface area contributed by atoms with E-state index in [2.05, 4.69) is 11.6 Å². The van der Waals surface area contributed by atoms with E-state index in [1.165, 1.54) is 0 Å². The Morgan fingerprint density at radius 1 is 1.67 bits per heavy atom. The minimum atomic E-state index is -0.499. The summed E-state index contributed by atoms with van der Waals surface area (Å²) in [7, 11) is 1.95. The summed E-state index contributed by atoms with van der Waals surface area (Å²) >= 11 is 0. The van der Waals surface area contributed by atoms with Crippen LogP contribution in [0.3, 0.4) is 0 Å². The largest absolute Gasteiger partial charge is 0.389 e. The summed E-state index contributed by atoms with van der Waals surface area (Å²) in [6.07, 6.45) is 1.23. The van der Waals surface area contributed by atoms with Crippen molar-refractivity contribution >= 4 is 5.82 Å². The number of hydrogen-bond acceptors (Lipinski definition) is 3. The fourth-order valence-electron chi connectivity index (χ4n) is 1.53. The van der Waals surface area contributed by atoms with Crippen LogP contribution in [0.15, 0.2) is 30.5 Å². The molecule has 0 aliphatic carbocycles. The number of aliphatic hydroxyl groups excluding tert-OH is 1. The SMILES string of the molecule is C=C(C)CN(C)c1ncccc1[C@@H](C)O. The van der Waals surface area contributed by atoms with Gasteiger partial charge in [-0.05, 0) is 19.9 Å². The van der Waals surface area contributed by atoms with E-state index in [1.54, 1.807) is 13.1 Å². The van der Waals surface area contributed by atoms with Crippen molar-refractivity contribution in [1.82, 2.24) is 4.98 Å². The highest BCUT2D eigenvalue weighted by Gasteiger charge is 2.11. The van der Waals surface area contributed by atoms with Gasteiger partial charge < -0.3 is 10.0 Å². The quantitative estimate of drug-likeness (QED) is 0.767. The van der Waals surface area contributed by atoms with Gasteiger partial charge in [-0.1, -0.05) is 18.2 Å². The molecule has 0 aromatic carbocycles. The van der Waals surface area contributed by atoms with Crippen LogP contribution in [0.5, 0.6) is 0 Å². The standard InChI is InChI=1S/C12H18N2O/c1-9(2)8-14(4)12-11(10(3)15)6-5-7-13-12/h5-7,10,15H,1,8H2,2-4H3/t10-/m1/s1. The third kappa shape index (κ3) is 3.06. The summed E-state index contributed by atoms with van der Waals surface area (Å²) in [6, 6.07) is 3.72. The van der Waals surface area contributed by atoms with E-state index >= 15 is 0 Å². The van der Waals surface area contributed by atoms with Crippen LogP contribution in [0.2, 0.25) is 0 Å². The lowest BCUT2D eigenvalue weighted by Crippen LogP contribution is -2.22. The molecule has 3 heteroatoms. The molecule has 0 saturated heterocycles. The Balaban J connectivity index is 2.97. The summed E-state index contributed by atoms with van der Waals surface area (Å²) in [5.41, 5.74) is 1.92. The first kappa shape index (κ1) is 11.7. The van der Waals surface area contributed by atoms with Crippen LogP contribution in [-0.2, 0) is 0 Å². The highest BCUT2D eigenvalue weighted by atomic mass is 16.3. The normalized spacial score (nSPS) is 12.3. The second-order valence-corrected chi connectivity index (χ2v) is 3.91. The monoisotopic (exact) mass is 206 g/mol. The minimum Gasteiger partial charge on any atom is -0.389 e. The van der Waals surface area contributed by atoms with Crippen molar-refractivity contribution < 1.29 is 5.11 Å². The van der Waals surface area contributed by atoms with Crippen molar-refractivity contribution in [2.75, 3.05) is 18.5 Å². The first-order valence-corrected chi connectivity index (χ1v) is 5.01. The first-order chi connectivity index (χ1) is 7.02. The third-order valence-corrected chi connectivity index (χ3v) is 2.14. The van der Waals surface area contributed by atoms with Crippen LogP contribution in [0.1, 0.15) is 25.5 Å². The van der Waals surface area contributed by atoms with Crippen molar-refractivity contribution in [3.05, 3.63) is 36.0 Å². The van der Waals surface area contributed by atoms with E-state index in [-0.39, 0.29) is 0 Å². The second kappa shape index (κ2) is 4.94. The predicted molar refractivity (Wildman–Crippen MR) is 63.0 cm³/mol. The van der Waals surface area contributed by atoms with Gasteiger partial charge in [-0.15, -0.1) is 0 Å². The molecule has 0 unspecified atom stereocenters. The fourth-order valence-corrected chi connectivity index (χ4v) is 1.53. The van der Waals surface area contributed by atoms with Gasteiger partial charge >= 0.3 is 0 Å². The van der Waals surface area contributed by atoms with Gasteiger partial charge in [0.1, 0.15) is 5.82 Å². The summed E-state index contributed by atoms with van der Waals surface area (Å²) in [5, 5.41) is 9.60. The molecule has 1 N–H and O–H groups in total. The maximum atomic E-state index is 9.60. The Morgan fingerprint density at radius 3 is 2.87 bits per heavy atom. The highest BCUT2D eigenvalue weighted by molar-refractivity contribution is 5.47. The van der Waals surface area contributed by atoms with E-state index in [0.29, 0.717) is 0 Å². The summed E-state index contributed by atoms with van der Waals surface area (Å²) in [4.78, 5) is 6.27. The van der Waals surface area contributed by atoms with Gasteiger partial charge in [0.05, 0.1) is 6.10 Å². The zero-order chi connectivity index (χ0) is 11.4. The highest BCUT2D eigenvalue weighted by Crippen LogP contribution is 2.22. The molecule has 0 radical (unpaired) electrons. The predicted octanol–water partition coefficient (Wildman–Crippen LogP) is 2.15. The Hall–Kier alpha value is -1.35. The molecule has 3 nitrogen and oxygen atoms in total. The molecule has 1 atom stereocenters. The Morgan fingerprint density at radius 2 is 2.33 bits per heavy atom. The molecule has 0 aliphatic heterocycles. The summed E-state index contributed by atoms with van der Waals surface area (Å²) < 4.78 is 0. The lowest BCUT2D eigenvalue weighted by atomic mass is 10.1. The molecule has 0 amide bonds. The van der Waals surface area contributed by atoms with Crippen molar-refractivity contribution in [3.8, 4) is 0 Å². The van der Waals surface area contributed by atoms with Gasteiger partial charge in [-0.25, -0.2) is 4.98 Å². The van der Waals surface area contributed by atoms with Gasteiger partial charge in [0, 0.05) is 25.4 Å². The van der Waals surface area contributed by atoms with Crippen molar-refractivity contribution in [1.29, 1.82) is 0 Å². The number of likely N-dealkylation sites (N-methyl/N-ethyl adjacent to an activating group) is 1. The second-order valence-electron chi connectivity index (χ2n) is 3.91. The number of aromatic nitrogens is 1. The van der Waals surface area contributed by atoms with Crippen LogP contribution >= 0.6 is 0 Å². The van der Waals surface area contributed by atoms with Crippen LogP contribution in [-0.4, -0.2) is 23.7 Å². The molecule has 0 aliphatic rings. The maximum absolute atomic E-state index is 9.60. The van der Waals surface area contributed by atoms with Crippen molar-refractivity contribution in [2.45, 2.75) is 20.0 Å². The Kier molecular flexibility index (Phi) is 3.86. The van der Waals surface area contributed by atoms with E-state index in [1.807, 2.05) is 31.0 Å². The van der Waals surface area contributed by atoms with E-state index in [4.69, 9.17) is 0 Å². The molecule has 0 saturated carbocycles. The Bertz CT molecular complexity index is 347. The third-order valence-electron chi connectivity index (χ3n) is 2.14. The lowest BCUT2D eigenvalue weighted by Gasteiger charge is -2.22. The molecule has 0 fully saturated rings. The molecule has 1 rings (SSSR count). The average molecular weight is 206 g/mol. The zero-order valence-corrected chi connectivity index (χ0v) is 9.57. The average Bonchev–Trinajstić information content (AvgIpc) is 2.16. The summed E-state index contributed by atoms with van der Waals surface area (Å²) in [5.74, 6) is 0.815. The van der Waals surface area contributed by atoms with Gasteiger partial charge in [0.15, 0.2) is 0 Å². The Labute approximate surface area is 91.1 Å². The van der Waals surface area contributed by atoms with Gasteiger partial charge in [-0.2, -0.15) is 0 Å². The van der Waals surface area contributed by atoms with Gasteiger partial charge in [-0.3, -0.25) is 0 Å². The van der Waals surface area contributed by atoms with Crippen molar-refractivity contribution in [2.24, 2.45) is 0 Å². The number of anilines is 1. The number of aliphatic hydroxyl groups is 1. The fraction of sp³-hybridized carbons (Fsp3) is 0.417. The van der Waals surface area contributed by atoms with E-state index < -0.39 is 6.10 Å². The molecule has 1 aromatic heterocycles. The first-order valence-electron chi connectivity index (χ1n) is 5.01. The van der Waals surface area contributed by atoms with Crippen LogP contribution in [0, 0.1) is 0 Å². The zero-order valence-electron chi connectivity index (χ0n) is 9.57. The number of rotatable bonds is 4. The molecule has 15 heavy (non-hydrogen) atoms. The molecule has 1 heterocycles. The van der Waals surface area contributed by atoms with Gasteiger partial charge in [0.2, 0.25) is 0 Å². The van der Waals surface area contributed by atoms with Crippen LogP contribution < -0.4 is 4.90 Å². The van der Waals surface area contributed by atoms with E-state index in [0.717, 1.165) is 23.5 Å². The van der Waals surface area contributed by atoms with Crippen molar-refractivity contribution in [3.63, 3.8) is 0 Å². The molecule has 1 aromatic rings. The topological polar surface area (TPSA) is 36.4 Å². The summed E-state index contributed by atoms with van der Waals surface area (Å²) in [6.45, 7) is 8.33. The molecular weight excluding hydrogens is 188 g/mol. The number of pyridine rings is 1.